The molecule has 136 valence electrons. The van der Waals surface area contributed by atoms with Gasteiger partial charge in [-0.25, -0.2) is 9.59 Å². The first-order valence-electron chi connectivity index (χ1n) is 8.00. The van der Waals surface area contributed by atoms with Gasteiger partial charge in [-0.15, -0.1) is 0 Å². The molecule has 0 heterocycles. The van der Waals surface area contributed by atoms with Crippen LogP contribution in [0.25, 0.3) is 0 Å². The van der Waals surface area contributed by atoms with E-state index < -0.39 is 24.0 Å². The van der Waals surface area contributed by atoms with Crippen LogP contribution < -0.4 is 10.6 Å². The van der Waals surface area contributed by atoms with Gasteiger partial charge in [-0.3, -0.25) is 10.1 Å². The Hall–Kier alpha value is -3.35. The molecule has 2 aromatic rings. The predicted molar refractivity (Wildman–Crippen MR) is 94.5 cm³/mol. The molecular weight excluding hydrogens is 336 g/mol. The molecule has 0 unspecified atom stereocenters. The van der Waals surface area contributed by atoms with E-state index in [1.54, 1.807) is 13.0 Å². The van der Waals surface area contributed by atoms with E-state index in [-0.39, 0.29) is 17.9 Å². The van der Waals surface area contributed by atoms with Gasteiger partial charge in [0.25, 0.3) is 5.91 Å². The van der Waals surface area contributed by atoms with Crippen LogP contribution in [0.5, 0.6) is 5.75 Å². The maximum atomic E-state index is 12.1. The lowest BCUT2D eigenvalue weighted by Crippen LogP contribution is -2.44. The van der Waals surface area contributed by atoms with Gasteiger partial charge in [0.2, 0.25) is 0 Å². The second kappa shape index (κ2) is 8.66. The molecule has 7 heteroatoms. The molecule has 0 saturated heterocycles. The van der Waals surface area contributed by atoms with Crippen LogP contribution >= 0.6 is 0 Å². The van der Waals surface area contributed by atoms with Crippen molar-refractivity contribution in [3.8, 4) is 5.75 Å². The highest BCUT2D eigenvalue weighted by Crippen LogP contribution is 2.19. The number of urea groups is 1. The van der Waals surface area contributed by atoms with Crippen LogP contribution in [0.1, 0.15) is 28.4 Å². The molecule has 0 aliphatic rings. The molecule has 2 rings (SSSR count). The first kappa shape index (κ1) is 19.0. The van der Waals surface area contributed by atoms with Crippen molar-refractivity contribution in [2.75, 3.05) is 0 Å². The summed E-state index contributed by atoms with van der Waals surface area (Å²) in [6.07, 6.45) is -1.20. The second-order valence-electron chi connectivity index (χ2n) is 5.73. The molecule has 0 aliphatic heterocycles. The third-order valence-electron chi connectivity index (χ3n) is 3.56. The SMILES string of the molecule is Cc1ccc(O)c(C(=O)O[C@@H](C)C(=O)NC(=O)NCc2ccccc2)c1. The number of aromatic hydroxyl groups is 1. The summed E-state index contributed by atoms with van der Waals surface area (Å²) < 4.78 is 5.01. The number of esters is 1. The summed E-state index contributed by atoms with van der Waals surface area (Å²) in [7, 11) is 0. The smallest absolute Gasteiger partial charge is 0.342 e. The van der Waals surface area contributed by atoms with Crippen molar-refractivity contribution in [2.24, 2.45) is 0 Å². The van der Waals surface area contributed by atoms with Crippen LogP contribution in [0.4, 0.5) is 4.79 Å². The molecule has 2 aromatic carbocycles. The fourth-order valence-corrected chi connectivity index (χ4v) is 2.13. The van der Waals surface area contributed by atoms with Crippen LogP contribution in [0.2, 0.25) is 0 Å². The van der Waals surface area contributed by atoms with Gasteiger partial charge in [0.1, 0.15) is 11.3 Å². The third-order valence-corrected chi connectivity index (χ3v) is 3.56. The number of ether oxygens (including phenoxy) is 1. The number of carbonyl (C=O) groups is 3. The third kappa shape index (κ3) is 5.34. The minimum Gasteiger partial charge on any atom is -0.507 e. The molecule has 0 saturated carbocycles. The maximum Gasteiger partial charge on any atom is 0.342 e. The topological polar surface area (TPSA) is 105 Å². The van der Waals surface area contributed by atoms with Crippen LogP contribution in [0.3, 0.4) is 0 Å². The zero-order chi connectivity index (χ0) is 19.1. The molecule has 0 aliphatic carbocycles. The van der Waals surface area contributed by atoms with Gasteiger partial charge in [0, 0.05) is 6.54 Å². The van der Waals surface area contributed by atoms with Gasteiger partial charge in [-0.1, -0.05) is 42.0 Å². The molecule has 7 nitrogen and oxygen atoms in total. The second-order valence-corrected chi connectivity index (χ2v) is 5.73. The number of carbonyl (C=O) groups excluding carboxylic acids is 3. The Morgan fingerprint density at radius 3 is 2.50 bits per heavy atom. The average Bonchev–Trinajstić information content (AvgIpc) is 2.62. The number of phenolic OH excluding ortho intramolecular Hbond substituents is 1. The van der Waals surface area contributed by atoms with Crippen LogP contribution in [-0.4, -0.2) is 29.1 Å². The molecule has 26 heavy (non-hydrogen) atoms. The van der Waals surface area contributed by atoms with Gasteiger partial charge >= 0.3 is 12.0 Å². The van der Waals surface area contributed by atoms with Gasteiger partial charge in [0.15, 0.2) is 6.10 Å². The van der Waals surface area contributed by atoms with Crippen LogP contribution in [0, 0.1) is 6.92 Å². The van der Waals surface area contributed by atoms with E-state index in [4.69, 9.17) is 4.74 Å². The molecule has 0 aromatic heterocycles. The Morgan fingerprint density at radius 1 is 1.12 bits per heavy atom. The Balaban J connectivity index is 1.85. The largest absolute Gasteiger partial charge is 0.507 e. The summed E-state index contributed by atoms with van der Waals surface area (Å²) in [6.45, 7) is 3.35. The molecular formula is C19H20N2O5. The normalized spacial score (nSPS) is 11.3. The first-order valence-corrected chi connectivity index (χ1v) is 8.00. The molecule has 3 amide bonds. The highest BCUT2D eigenvalue weighted by atomic mass is 16.5. The Labute approximate surface area is 151 Å². The van der Waals surface area contributed by atoms with E-state index >= 15 is 0 Å². The van der Waals surface area contributed by atoms with Crippen molar-refractivity contribution >= 4 is 17.9 Å². The minimum absolute atomic E-state index is 0.0434. The van der Waals surface area contributed by atoms with Gasteiger partial charge in [-0.05, 0) is 31.5 Å². The number of hydrogen-bond donors (Lipinski definition) is 3. The van der Waals surface area contributed by atoms with Gasteiger partial charge < -0.3 is 15.2 Å². The Bertz CT molecular complexity index is 805. The predicted octanol–water partition coefficient (Wildman–Crippen LogP) is 2.27. The van der Waals surface area contributed by atoms with Crippen molar-refractivity contribution in [1.29, 1.82) is 0 Å². The molecule has 0 fully saturated rings. The van der Waals surface area contributed by atoms with Crippen molar-refractivity contribution in [3.63, 3.8) is 0 Å². The molecule has 0 bridgehead atoms. The number of aryl methyl sites for hydroxylation is 1. The molecule has 0 radical (unpaired) electrons. The minimum atomic E-state index is -1.20. The standard InChI is InChI=1S/C19H20N2O5/c1-12-8-9-16(22)15(10-12)18(24)26-13(2)17(23)21-19(25)20-11-14-6-4-3-5-7-14/h3-10,13,22H,11H2,1-2H3,(H2,20,21,23,25)/t13-/m0/s1. The van der Waals surface area contributed by atoms with Crippen molar-refractivity contribution < 1.29 is 24.2 Å². The number of imide groups is 1. The van der Waals surface area contributed by atoms with Gasteiger partial charge in [0.05, 0.1) is 0 Å². The highest BCUT2D eigenvalue weighted by Gasteiger charge is 2.22. The monoisotopic (exact) mass is 356 g/mol. The van der Waals surface area contributed by atoms with E-state index in [9.17, 15) is 19.5 Å². The van der Waals surface area contributed by atoms with Gasteiger partial charge in [-0.2, -0.15) is 0 Å². The highest BCUT2D eigenvalue weighted by molar-refractivity contribution is 5.99. The molecule has 3 N–H and O–H groups in total. The summed E-state index contributed by atoms with van der Waals surface area (Å²) in [6, 6.07) is 13.0. The van der Waals surface area contributed by atoms with E-state index in [1.807, 2.05) is 30.3 Å². The van der Waals surface area contributed by atoms with E-state index in [1.165, 1.54) is 19.1 Å². The molecule has 1 atom stereocenters. The Morgan fingerprint density at radius 2 is 1.81 bits per heavy atom. The number of benzene rings is 2. The summed E-state index contributed by atoms with van der Waals surface area (Å²) in [4.78, 5) is 35.8. The zero-order valence-corrected chi connectivity index (χ0v) is 14.5. The van der Waals surface area contributed by atoms with E-state index in [0.717, 1.165) is 11.1 Å². The lowest BCUT2D eigenvalue weighted by Gasteiger charge is -2.14. The van der Waals surface area contributed by atoms with Crippen molar-refractivity contribution in [2.45, 2.75) is 26.5 Å². The fourth-order valence-electron chi connectivity index (χ4n) is 2.13. The summed E-state index contributed by atoms with van der Waals surface area (Å²) in [5.41, 5.74) is 1.59. The van der Waals surface area contributed by atoms with Crippen LogP contribution in [-0.2, 0) is 16.1 Å². The summed E-state index contributed by atoms with van der Waals surface area (Å²) >= 11 is 0. The number of hydrogen-bond acceptors (Lipinski definition) is 5. The zero-order valence-electron chi connectivity index (χ0n) is 14.5. The number of rotatable bonds is 5. The van der Waals surface area contributed by atoms with Crippen LogP contribution in [0.15, 0.2) is 48.5 Å². The number of amides is 3. The summed E-state index contributed by atoms with van der Waals surface area (Å²) in [5.74, 6) is -1.86. The summed E-state index contributed by atoms with van der Waals surface area (Å²) in [5, 5.41) is 14.4. The van der Waals surface area contributed by atoms with Crippen molar-refractivity contribution in [3.05, 3.63) is 65.2 Å². The number of nitrogens with one attached hydrogen (secondary N) is 2. The Kier molecular flexibility index (Phi) is 6.32. The van der Waals surface area contributed by atoms with E-state index in [0.29, 0.717) is 0 Å². The lowest BCUT2D eigenvalue weighted by molar-refractivity contribution is -0.127. The molecule has 0 spiro atoms. The average molecular weight is 356 g/mol. The number of phenols is 1. The lowest BCUT2D eigenvalue weighted by atomic mass is 10.1. The quantitative estimate of drug-likeness (QED) is 0.713. The first-order chi connectivity index (χ1) is 12.4. The van der Waals surface area contributed by atoms with Crippen molar-refractivity contribution in [1.82, 2.24) is 10.6 Å². The fraction of sp³-hybridized carbons (Fsp3) is 0.211. The maximum absolute atomic E-state index is 12.1. The van der Waals surface area contributed by atoms with E-state index in [2.05, 4.69) is 10.6 Å².